The number of hydrogen-bond donors (Lipinski definition) is 1. The number of rotatable bonds is 5. The maximum absolute atomic E-state index is 11.3. The van der Waals surface area contributed by atoms with Gasteiger partial charge in [-0.05, 0) is 24.6 Å². The molecule has 1 N–H and O–H groups in total. The number of halogens is 1. The van der Waals surface area contributed by atoms with Crippen LogP contribution in [-0.2, 0) is 4.79 Å². The van der Waals surface area contributed by atoms with Gasteiger partial charge in [-0.2, -0.15) is 0 Å². The predicted octanol–water partition coefficient (Wildman–Crippen LogP) is 2.15. The Labute approximate surface area is 132 Å². The maximum atomic E-state index is 11.3. The highest BCUT2D eigenvalue weighted by Crippen LogP contribution is 2.23. The molecule has 1 aromatic rings. The quantitative estimate of drug-likeness (QED) is 0.905. The van der Waals surface area contributed by atoms with Crippen molar-refractivity contribution < 1.29 is 4.79 Å². The molecule has 0 spiro atoms. The molecule has 1 atom stereocenters. The van der Waals surface area contributed by atoms with E-state index in [-0.39, 0.29) is 5.91 Å². The van der Waals surface area contributed by atoms with Crippen molar-refractivity contribution >= 4 is 17.5 Å². The Morgan fingerprint density at radius 2 is 1.86 bits per heavy atom. The molecule has 4 nitrogen and oxygen atoms in total. The van der Waals surface area contributed by atoms with Crippen molar-refractivity contribution in [2.24, 2.45) is 0 Å². The second kappa shape index (κ2) is 7.78. The van der Waals surface area contributed by atoms with Gasteiger partial charge < -0.3 is 10.2 Å². The monoisotopic (exact) mass is 309 g/mol. The highest BCUT2D eigenvalue weighted by atomic mass is 35.5. The second-order valence-electron chi connectivity index (χ2n) is 5.53. The smallest absolute Gasteiger partial charge is 0.221 e. The SMILES string of the molecule is CNC(=O)CCN1CCN([C@H](C)c2ccc(Cl)cc2)CC1. The lowest BCUT2D eigenvalue weighted by molar-refractivity contribution is -0.121. The standard InChI is InChI=1S/C16H24ClN3O/c1-13(14-3-5-15(17)6-4-14)20-11-9-19(10-12-20)8-7-16(21)18-2/h3-6,13H,7-12H2,1-2H3,(H,18,21)/t13-/m1/s1. The van der Waals surface area contributed by atoms with E-state index in [2.05, 4.69) is 34.2 Å². The Balaban J connectivity index is 1.80. The summed E-state index contributed by atoms with van der Waals surface area (Å²) in [5.74, 6) is 0.118. The largest absolute Gasteiger partial charge is 0.359 e. The Morgan fingerprint density at radius 1 is 1.24 bits per heavy atom. The molecule has 0 radical (unpaired) electrons. The van der Waals surface area contributed by atoms with E-state index in [1.165, 1.54) is 5.56 Å². The normalized spacial score (nSPS) is 18.4. The molecule has 0 unspecified atom stereocenters. The van der Waals surface area contributed by atoms with E-state index in [4.69, 9.17) is 11.6 Å². The van der Waals surface area contributed by atoms with Crippen molar-refractivity contribution in [3.8, 4) is 0 Å². The van der Waals surface area contributed by atoms with E-state index in [0.29, 0.717) is 12.5 Å². The number of piperazine rings is 1. The molecule has 1 amide bonds. The summed E-state index contributed by atoms with van der Waals surface area (Å²) in [6.45, 7) is 7.21. The first-order chi connectivity index (χ1) is 10.1. The van der Waals surface area contributed by atoms with Gasteiger partial charge in [-0.15, -0.1) is 0 Å². The fourth-order valence-corrected chi connectivity index (χ4v) is 2.84. The van der Waals surface area contributed by atoms with Gasteiger partial charge in [0, 0.05) is 57.3 Å². The van der Waals surface area contributed by atoms with E-state index < -0.39 is 0 Å². The molecular weight excluding hydrogens is 286 g/mol. The van der Waals surface area contributed by atoms with Crippen LogP contribution >= 0.6 is 11.6 Å². The Kier molecular flexibility index (Phi) is 6.03. The van der Waals surface area contributed by atoms with Gasteiger partial charge >= 0.3 is 0 Å². The minimum atomic E-state index is 0.118. The Morgan fingerprint density at radius 3 is 2.43 bits per heavy atom. The second-order valence-corrected chi connectivity index (χ2v) is 5.96. The zero-order chi connectivity index (χ0) is 15.2. The average molecular weight is 310 g/mol. The van der Waals surface area contributed by atoms with Gasteiger partial charge in [0.05, 0.1) is 0 Å². The topological polar surface area (TPSA) is 35.6 Å². The summed E-state index contributed by atoms with van der Waals surface area (Å²) in [6.07, 6.45) is 0.587. The van der Waals surface area contributed by atoms with Gasteiger partial charge in [0.1, 0.15) is 0 Å². The van der Waals surface area contributed by atoms with Crippen LogP contribution in [0, 0.1) is 0 Å². The summed E-state index contributed by atoms with van der Waals surface area (Å²) >= 11 is 5.94. The van der Waals surface area contributed by atoms with Gasteiger partial charge in [0.2, 0.25) is 5.91 Å². The summed E-state index contributed by atoms with van der Waals surface area (Å²) < 4.78 is 0. The van der Waals surface area contributed by atoms with E-state index >= 15 is 0 Å². The first-order valence-electron chi connectivity index (χ1n) is 7.52. The molecule has 1 fully saturated rings. The fraction of sp³-hybridized carbons (Fsp3) is 0.562. The molecule has 5 heteroatoms. The number of carbonyl (C=O) groups is 1. The van der Waals surface area contributed by atoms with Crippen LogP contribution < -0.4 is 5.32 Å². The van der Waals surface area contributed by atoms with Crippen LogP contribution in [0.15, 0.2) is 24.3 Å². The third-order valence-electron chi connectivity index (χ3n) is 4.24. The van der Waals surface area contributed by atoms with E-state index in [0.717, 1.165) is 37.7 Å². The summed E-state index contributed by atoms with van der Waals surface area (Å²) in [6, 6.07) is 8.51. The number of benzene rings is 1. The number of amides is 1. The summed E-state index contributed by atoms with van der Waals surface area (Å²) in [5, 5.41) is 3.45. The molecule has 1 heterocycles. The van der Waals surface area contributed by atoms with Crippen molar-refractivity contribution in [2.45, 2.75) is 19.4 Å². The molecule has 1 aromatic carbocycles. The maximum Gasteiger partial charge on any atom is 0.221 e. The summed E-state index contributed by atoms with van der Waals surface area (Å²) in [5.41, 5.74) is 1.30. The molecule has 116 valence electrons. The van der Waals surface area contributed by atoms with Crippen molar-refractivity contribution in [1.82, 2.24) is 15.1 Å². The molecule has 0 aliphatic carbocycles. The molecule has 0 aromatic heterocycles. The van der Waals surface area contributed by atoms with Crippen LogP contribution in [0.3, 0.4) is 0 Å². The molecule has 1 saturated heterocycles. The van der Waals surface area contributed by atoms with E-state index in [1.807, 2.05) is 12.1 Å². The zero-order valence-electron chi connectivity index (χ0n) is 12.8. The third kappa shape index (κ3) is 4.70. The van der Waals surface area contributed by atoms with Crippen LogP contribution in [0.5, 0.6) is 0 Å². The minimum absolute atomic E-state index is 0.118. The molecular formula is C16H24ClN3O. The highest BCUT2D eigenvalue weighted by molar-refractivity contribution is 6.30. The fourth-order valence-electron chi connectivity index (χ4n) is 2.71. The lowest BCUT2D eigenvalue weighted by atomic mass is 10.1. The van der Waals surface area contributed by atoms with Crippen molar-refractivity contribution in [1.29, 1.82) is 0 Å². The van der Waals surface area contributed by atoms with Crippen molar-refractivity contribution in [2.75, 3.05) is 39.8 Å². The number of hydrogen-bond acceptors (Lipinski definition) is 3. The number of carbonyl (C=O) groups excluding carboxylic acids is 1. The van der Waals surface area contributed by atoms with Crippen LogP contribution in [0.25, 0.3) is 0 Å². The zero-order valence-corrected chi connectivity index (χ0v) is 13.6. The third-order valence-corrected chi connectivity index (χ3v) is 4.49. The van der Waals surface area contributed by atoms with Crippen LogP contribution in [-0.4, -0.2) is 55.5 Å². The average Bonchev–Trinajstić information content (AvgIpc) is 2.53. The molecule has 1 aliphatic rings. The van der Waals surface area contributed by atoms with Crippen molar-refractivity contribution in [3.63, 3.8) is 0 Å². The highest BCUT2D eigenvalue weighted by Gasteiger charge is 2.22. The summed E-state index contributed by atoms with van der Waals surface area (Å²) in [7, 11) is 1.69. The van der Waals surface area contributed by atoms with Gasteiger partial charge in [-0.3, -0.25) is 9.69 Å². The van der Waals surface area contributed by atoms with Gasteiger partial charge in [0.15, 0.2) is 0 Å². The van der Waals surface area contributed by atoms with Crippen LogP contribution in [0.1, 0.15) is 24.9 Å². The van der Waals surface area contributed by atoms with Gasteiger partial charge in [-0.1, -0.05) is 23.7 Å². The number of nitrogens with zero attached hydrogens (tertiary/aromatic N) is 2. The van der Waals surface area contributed by atoms with E-state index in [1.54, 1.807) is 7.05 Å². The van der Waals surface area contributed by atoms with Gasteiger partial charge in [0.25, 0.3) is 0 Å². The lowest BCUT2D eigenvalue weighted by Gasteiger charge is -2.38. The minimum Gasteiger partial charge on any atom is -0.359 e. The van der Waals surface area contributed by atoms with Crippen LogP contribution in [0.4, 0.5) is 0 Å². The molecule has 21 heavy (non-hydrogen) atoms. The first-order valence-corrected chi connectivity index (χ1v) is 7.90. The molecule has 0 saturated carbocycles. The van der Waals surface area contributed by atoms with Gasteiger partial charge in [-0.25, -0.2) is 0 Å². The van der Waals surface area contributed by atoms with Crippen molar-refractivity contribution in [3.05, 3.63) is 34.9 Å². The summed E-state index contributed by atoms with van der Waals surface area (Å²) in [4.78, 5) is 16.1. The molecule has 2 rings (SSSR count). The van der Waals surface area contributed by atoms with Crippen LogP contribution in [0.2, 0.25) is 5.02 Å². The predicted molar refractivity (Wildman–Crippen MR) is 86.6 cm³/mol. The number of nitrogens with one attached hydrogen (secondary N) is 1. The molecule has 0 bridgehead atoms. The Bertz CT molecular complexity index is 455. The lowest BCUT2D eigenvalue weighted by Crippen LogP contribution is -2.47. The Hall–Kier alpha value is -1.10. The van der Waals surface area contributed by atoms with E-state index in [9.17, 15) is 4.79 Å². The first kappa shape index (κ1) is 16.3. The molecule has 1 aliphatic heterocycles.